The van der Waals surface area contributed by atoms with Gasteiger partial charge in [0.1, 0.15) is 17.9 Å². The highest BCUT2D eigenvalue weighted by Gasteiger charge is 2.31. The van der Waals surface area contributed by atoms with Crippen molar-refractivity contribution in [3.8, 4) is 5.75 Å². The van der Waals surface area contributed by atoms with E-state index in [1.807, 2.05) is 46.2 Å². The topological polar surface area (TPSA) is 138 Å². The van der Waals surface area contributed by atoms with Gasteiger partial charge in [0.2, 0.25) is 11.8 Å². The van der Waals surface area contributed by atoms with Crippen LogP contribution in [0.1, 0.15) is 51.7 Å². The lowest BCUT2D eigenvalue weighted by Crippen LogP contribution is -2.49. The van der Waals surface area contributed by atoms with Crippen molar-refractivity contribution in [2.45, 2.75) is 65.2 Å². The van der Waals surface area contributed by atoms with Crippen molar-refractivity contribution < 1.29 is 33.4 Å². The molecule has 0 fully saturated rings. The van der Waals surface area contributed by atoms with Crippen LogP contribution in [0.2, 0.25) is 5.02 Å². The zero-order valence-corrected chi connectivity index (χ0v) is 27.4. The Labute approximate surface area is 269 Å². The third-order valence-corrected chi connectivity index (χ3v) is 7.58. The molecule has 11 nitrogen and oxygen atoms in total. The fraction of sp³-hybridized carbons (Fsp3) is 0.485. The second kappa shape index (κ2) is 16.8. The first-order chi connectivity index (χ1) is 21.4. The van der Waals surface area contributed by atoms with E-state index >= 15 is 0 Å². The van der Waals surface area contributed by atoms with Gasteiger partial charge in [-0.15, -0.1) is 0 Å². The molecule has 2 heterocycles. The molecule has 0 spiro atoms. The molecule has 2 N–H and O–H groups in total. The number of cyclic esters (lactones) is 2. The molecule has 1 aromatic heterocycles. The molecule has 1 aliphatic heterocycles. The van der Waals surface area contributed by atoms with Gasteiger partial charge in [0.25, 0.3) is 0 Å². The number of ether oxygens (including phenoxy) is 3. The Balaban J connectivity index is 1.89. The first-order valence-corrected chi connectivity index (χ1v) is 15.4. The Hall–Kier alpha value is -4.12. The van der Waals surface area contributed by atoms with E-state index in [2.05, 4.69) is 15.7 Å². The molecule has 244 valence electrons. The van der Waals surface area contributed by atoms with Crippen LogP contribution in [-0.2, 0) is 42.1 Å². The largest absolute Gasteiger partial charge is 0.495 e. The minimum absolute atomic E-state index is 0.0353. The number of esters is 2. The molecule has 0 aliphatic carbocycles. The van der Waals surface area contributed by atoms with E-state index < -0.39 is 47.9 Å². The summed E-state index contributed by atoms with van der Waals surface area (Å²) in [4.78, 5) is 52.7. The van der Waals surface area contributed by atoms with Gasteiger partial charge in [-0.1, -0.05) is 63.6 Å². The van der Waals surface area contributed by atoms with E-state index in [-0.39, 0.29) is 37.6 Å². The number of carbonyl (C=O) groups is 4. The number of nitrogens with zero attached hydrogens (tertiary/aromatic N) is 2. The van der Waals surface area contributed by atoms with Crippen LogP contribution in [0.3, 0.4) is 0 Å². The lowest BCUT2D eigenvalue weighted by atomic mass is 9.99. The predicted octanol–water partition coefficient (Wildman–Crippen LogP) is 4.04. The first-order valence-electron chi connectivity index (χ1n) is 15.0. The van der Waals surface area contributed by atoms with E-state index in [9.17, 15) is 19.2 Å². The molecule has 2 amide bonds. The fourth-order valence-corrected chi connectivity index (χ4v) is 4.94. The Morgan fingerprint density at radius 2 is 1.91 bits per heavy atom. The highest BCUT2D eigenvalue weighted by atomic mass is 35.5. The van der Waals surface area contributed by atoms with Crippen molar-refractivity contribution in [2.24, 2.45) is 24.8 Å². The van der Waals surface area contributed by atoms with Crippen molar-refractivity contribution in [1.29, 1.82) is 0 Å². The molecule has 1 aromatic carbocycles. The predicted molar refractivity (Wildman–Crippen MR) is 170 cm³/mol. The van der Waals surface area contributed by atoms with Crippen molar-refractivity contribution in [3.05, 3.63) is 65.0 Å². The number of methoxy groups -OCH3 is 1. The lowest BCUT2D eigenvalue weighted by Gasteiger charge is -2.26. The van der Waals surface area contributed by atoms with E-state index in [0.29, 0.717) is 16.3 Å². The van der Waals surface area contributed by atoms with Crippen LogP contribution in [0.15, 0.2) is 48.8 Å². The summed E-state index contributed by atoms with van der Waals surface area (Å²) in [5, 5.41) is 10.0. The lowest BCUT2D eigenvalue weighted by molar-refractivity contribution is -0.175. The molecule has 2 aromatic rings. The minimum atomic E-state index is -1.12. The number of aromatic nitrogens is 2. The number of carbonyl (C=O) groups excluding carboxylic acids is 4. The van der Waals surface area contributed by atoms with E-state index in [1.54, 1.807) is 42.1 Å². The average Bonchev–Trinajstić information content (AvgIpc) is 3.41. The molecule has 1 unspecified atom stereocenters. The molecule has 3 rings (SSSR count). The summed E-state index contributed by atoms with van der Waals surface area (Å²) in [6.07, 6.45) is 9.06. The summed E-state index contributed by atoms with van der Waals surface area (Å²) in [6, 6.07) is 4.14. The van der Waals surface area contributed by atoms with E-state index in [4.69, 9.17) is 25.8 Å². The average molecular weight is 643 g/mol. The molecule has 1 aliphatic rings. The third kappa shape index (κ3) is 11.1. The highest BCUT2D eigenvalue weighted by molar-refractivity contribution is 6.32. The molecule has 0 saturated carbocycles. The van der Waals surface area contributed by atoms with Gasteiger partial charge in [-0.2, -0.15) is 5.10 Å². The zero-order chi connectivity index (χ0) is 33.1. The van der Waals surface area contributed by atoms with Crippen LogP contribution < -0.4 is 15.4 Å². The van der Waals surface area contributed by atoms with Crippen LogP contribution in [-0.4, -0.2) is 65.4 Å². The SMILES string of the molecule is COc1ccc(C[C@H]2NC(=O)/C=C/C[C@@H](C(C)/C=C/c3cnn(C)c3)OC(=O)[C@H](CC(C)C)OC(=O)[C@H](C)CNC2=O)cc1Cl. The smallest absolute Gasteiger partial charge is 0.347 e. The summed E-state index contributed by atoms with van der Waals surface area (Å²) >= 11 is 6.29. The van der Waals surface area contributed by atoms with Gasteiger partial charge in [0, 0.05) is 44.1 Å². The van der Waals surface area contributed by atoms with Crippen LogP contribution in [0.25, 0.3) is 6.08 Å². The minimum Gasteiger partial charge on any atom is -0.495 e. The number of hydrogen-bond donors (Lipinski definition) is 2. The van der Waals surface area contributed by atoms with Crippen LogP contribution in [0.4, 0.5) is 0 Å². The van der Waals surface area contributed by atoms with Gasteiger partial charge in [-0.25, -0.2) is 4.79 Å². The summed E-state index contributed by atoms with van der Waals surface area (Å²) in [7, 11) is 3.32. The third-order valence-electron chi connectivity index (χ3n) is 7.29. The second-order valence-electron chi connectivity index (χ2n) is 11.7. The van der Waals surface area contributed by atoms with Crippen molar-refractivity contribution >= 4 is 41.4 Å². The van der Waals surface area contributed by atoms with Gasteiger partial charge >= 0.3 is 11.9 Å². The number of aryl methyl sites for hydroxylation is 1. The molecular weight excluding hydrogens is 600 g/mol. The Bertz CT molecular complexity index is 1400. The van der Waals surface area contributed by atoms with Gasteiger partial charge in [-0.3, -0.25) is 19.1 Å². The van der Waals surface area contributed by atoms with Gasteiger partial charge in [-0.05, 0) is 36.1 Å². The summed E-state index contributed by atoms with van der Waals surface area (Å²) in [5.74, 6) is -2.82. The van der Waals surface area contributed by atoms with Gasteiger partial charge < -0.3 is 24.8 Å². The van der Waals surface area contributed by atoms with Gasteiger partial charge in [0.15, 0.2) is 6.10 Å². The first kappa shape index (κ1) is 35.4. The van der Waals surface area contributed by atoms with E-state index in [1.165, 1.54) is 13.2 Å². The standard InChI is InChI=1S/C33H43ClN4O7/c1-20(2)14-29-33(42)44-27(21(3)10-11-24-18-36-38(5)19-24)8-7-9-30(39)37-26(31(40)35-17-22(4)32(41)45-29)16-23-12-13-28(43-6)25(34)15-23/h7,9-13,15,18-22,26-27,29H,8,14,16-17H2,1-6H3,(H,35,40)(H,37,39)/b9-7+,11-10+/t21?,22-,26-,27+,29+/m1/s1. The molecule has 0 bridgehead atoms. The number of halogens is 1. The Kier molecular flexibility index (Phi) is 13.2. The molecule has 12 heteroatoms. The quantitative estimate of drug-likeness (QED) is 0.412. The maximum absolute atomic E-state index is 13.4. The van der Waals surface area contributed by atoms with Crippen LogP contribution >= 0.6 is 11.6 Å². The van der Waals surface area contributed by atoms with Crippen molar-refractivity contribution in [3.63, 3.8) is 0 Å². The van der Waals surface area contributed by atoms with Gasteiger partial charge in [0.05, 0.1) is 24.2 Å². The normalized spacial score (nSPS) is 23.6. The summed E-state index contributed by atoms with van der Waals surface area (Å²) in [5.41, 5.74) is 1.58. The maximum atomic E-state index is 13.4. The molecule has 0 radical (unpaired) electrons. The molecule has 5 atom stereocenters. The number of nitrogens with one attached hydrogen (secondary N) is 2. The highest BCUT2D eigenvalue weighted by Crippen LogP contribution is 2.26. The van der Waals surface area contributed by atoms with E-state index in [0.717, 1.165) is 5.56 Å². The van der Waals surface area contributed by atoms with Crippen molar-refractivity contribution in [2.75, 3.05) is 13.7 Å². The van der Waals surface area contributed by atoms with Crippen molar-refractivity contribution in [1.82, 2.24) is 20.4 Å². The zero-order valence-electron chi connectivity index (χ0n) is 26.6. The molecular formula is C33H43ClN4O7. The molecule has 45 heavy (non-hydrogen) atoms. The maximum Gasteiger partial charge on any atom is 0.347 e. The summed E-state index contributed by atoms with van der Waals surface area (Å²) in [6.45, 7) is 7.25. The number of hydrogen-bond acceptors (Lipinski definition) is 8. The number of rotatable bonds is 8. The second-order valence-corrected chi connectivity index (χ2v) is 12.1. The fourth-order valence-electron chi connectivity index (χ4n) is 4.66. The van der Waals surface area contributed by atoms with Crippen LogP contribution in [0, 0.1) is 17.8 Å². The monoisotopic (exact) mass is 642 g/mol. The number of benzene rings is 1. The summed E-state index contributed by atoms with van der Waals surface area (Å²) < 4.78 is 18.5. The van der Waals surface area contributed by atoms with Crippen LogP contribution in [0.5, 0.6) is 5.75 Å². The number of amides is 2. The molecule has 0 saturated heterocycles. The Morgan fingerprint density at radius 1 is 1.16 bits per heavy atom. The Morgan fingerprint density at radius 3 is 2.56 bits per heavy atom.